The van der Waals surface area contributed by atoms with Gasteiger partial charge in [-0.05, 0) is 18.2 Å². The Morgan fingerprint density at radius 1 is 1.50 bits per heavy atom. The topological polar surface area (TPSA) is 42.2 Å². The first kappa shape index (κ1) is 8.74. The third-order valence-corrected chi connectivity index (χ3v) is 2.16. The molecular formula is C10H8FNO2. The van der Waals surface area contributed by atoms with Crippen LogP contribution in [0.4, 0.5) is 4.39 Å². The SMILES string of the molecule is Cn1ccc2cc(F)cc(C(=O)O)c21. The summed E-state index contributed by atoms with van der Waals surface area (Å²) >= 11 is 0. The van der Waals surface area contributed by atoms with E-state index in [1.165, 1.54) is 6.07 Å². The Morgan fingerprint density at radius 3 is 2.86 bits per heavy atom. The zero-order valence-corrected chi connectivity index (χ0v) is 7.49. The number of aromatic carboxylic acids is 1. The number of hydrogen-bond donors (Lipinski definition) is 1. The minimum Gasteiger partial charge on any atom is -0.478 e. The molecule has 14 heavy (non-hydrogen) atoms. The van der Waals surface area contributed by atoms with E-state index in [0.717, 1.165) is 6.07 Å². The lowest BCUT2D eigenvalue weighted by molar-refractivity contribution is 0.0698. The number of halogens is 1. The molecule has 0 aliphatic rings. The number of aromatic nitrogens is 1. The summed E-state index contributed by atoms with van der Waals surface area (Å²) in [5.41, 5.74) is 0.534. The third kappa shape index (κ3) is 1.16. The Bertz CT molecular complexity index is 516. The van der Waals surface area contributed by atoms with Crippen molar-refractivity contribution in [2.24, 2.45) is 7.05 Å². The van der Waals surface area contributed by atoms with E-state index in [2.05, 4.69) is 0 Å². The summed E-state index contributed by atoms with van der Waals surface area (Å²) in [6.45, 7) is 0. The number of fused-ring (bicyclic) bond motifs is 1. The molecule has 1 N–H and O–H groups in total. The van der Waals surface area contributed by atoms with Crippen molar-refractivity contribution in [1.82, 2.24) is 4.57 Å². The molecule has 0 saturated heterocycles. The maximum atomic E-state index is 13.0. The zero-order chi connectivity index (χ0) is 10.3. The van der Waals surface area contributed by atoms with E-state index in [4.69, 9.17) is 5.11 Å². The second kappa shape index (κ2) is 2.83. The highest BCUT2D eigenvalue weighted by atomic mass is 19.1. The fourth-order valence-corrected chi connectivity index (χ4v) is 1.57. The molecule has 2 aromatic rings. The van der Waals surface area contributed by atoms with Crippen LogP contribution >= 0.6 is 0 Å². The number of carboxylic acids is 1. The lowest BCUT2D eigenvalue weighted by Crippen LogP contribution is -2.01. The molecule has 1 aromatic carbocycles. The Balaban J connectivity index is 2.90. The molecule has 2 rings (SSSR count). The number of rotatable bonds is 1. The molecule has 3 nitrogen and oxygen atoms in total. The quantitative estimate of drug-likeness (QED) is 0.752. The van der Waals surface area contributed by atoms with Gasteiger partial charge in [0.1, 0.15) is 5.82 Å². The fourth-order valence-electron chi connectivity index (χ4n) is 1.57. The van der Waals surface area contributed by atoms with Gasteiger partial charge in [0.15, 0.2) is 0 Å². The maximum absolute atomic E-state index is 13.0. The summed E-state index contributed by atoms with van der Waals surface area (Å²) in [5, 5.41) is 9.47. The smallest absolute Gasteiger partial charge is 0.337 e. The van der Waals surface area contributed by atoms with Crippen molar-refractivity contribution in [3.8, 4) is 0 Å². The van der Waals surface area contributed by atoms with Crippen LogP contribution in [-0.4, -0.2) is 15.6 Å². The van der Waals surface area contributed by atoms with Crippen molar-refractivity contribution < 1.29 is 14.3 Å². The second-order valence-electron chi connectivity index (χ2n) is 3.12. The van der Waals surface area contributed by atoms with Crippen LogP contribution in [0.3, 0.4) is 0 Å². The summed E-state index contributed by atoms with van der Waals surface area (Å²) < 4.78 is 14.7. The van der Waals surface area contributed by atoms with Gasteiger partial charge in [0, 0.05) is 18.6 Å². The molecule has 0 unspecified atom stereocenters. The summed E-state index contributed by atoms with van der Waals surface area (Å²) in [6.07, 6.45) is 1.70. The summed E-state index contributed by atoms with van der Waals surface area (Å²) in [5.74, 6) is -1.64. The van der Waals surface area contributed by atoms with Gasteiger partial charge in [-0.15, -0.1) is 0 Å². The minimum absolute atomic E-state index is 0.00694. The van der Waals surface area contributed by atoms with Gasteiger partial charge < -0.3 is 9.67 Å². The molecule has 1 heterocycles. The molecule has 0 aliphatic heterocycles. The van der Waals surface area contributed by atoms with Gasteiger partial charge in [-0.2, -0.15) is 0 Å². The Kier molecular flexibility index (Phi) is 1.77. The van der Waals surface area contributed by atoms with Crippen LogP contribution in [0.15, 0.2) is 24.4 Å². The van der Waals surface area contributed by atoms with E-state index < -0.39 is 11.8 Å². The van der Waals surface area contributed by atoms with E-state index in [1.54, 1.807) is 23.9 Å². The molecule has 0 radical (unpaired) electrons. The first-order chi connectivity index (χ1) is 6.59. The average Bonchev–Trinajstić information content (AvgIpc) is 2.46. The maximum Gasteiger partial charge on any atom is 0.337 e. The first-order valence-electron chi connectivity index (χ1n) is 4.07. The monoisotopic (exact) mass is 193 g/mol. The molecule has 0 fully saturated rings. The number of carbonyl (C=O) groups is 1. The minimum atomic E-state index is -1.11. The number of hydrogen-bond acceptors (Lipinski definition) is 1. The number of nitrogens with zero attached hydrogens (tertiary/aromatic N) is 1. The number of carboxylic acid groups (broad SMARTS) is 1. The molecule has 0 bridgehead atoms. The highest BCUT2D eigenvalue weighted by molar-refractivity contribution is 6.02. The molecule has 0 atom stereocenters. The number of aryl methyl sites for hydroxylation is 1. The summed E-state index contributed by atoms with van der Waals surface area (Å²) in [6, 6.07) is 4.04. The van der Waals surface area contributed by atoms with Gasteiger partial charge in [-0.25, -0.2) is 9.18 Å². The van der Waals surface area contributed by atoms with Crippen LogP contribution < -0.4 is 0 Å². The summed E-state index contributed by atoms with van der Waals surface area (Å²) in [4.78, 5) is 10.8. The van der Waals surface area contributed by atoms with Crippen molar-refractivity contribution in [3.05, 3.63) is 35.8 Å². The van der Waals surface area contributed by atoms with Gasteiger partial charge >= 0.3 is 5.97 Å². The number of benzene rings is 1. The van der Waals surface area contributed by atoms with Crippen LogP contribution in [0, 0.1) is 5.82 Å². The average molecular weight is 193 g/mol. The molecule has 4 heteroatoms. The van der Waals surface area contributed by atoms with E-state index >= 15 is 0 Å². The van der Waals surface area contributed by atoms with Crippen LogP contribution in [-0.2, 0) is 7.05 Å². The van der Waals surface area contributed by atoms with Crippen LogP contribution in [0.1, 0.15) is 10.4 Å². The lowest BCUT2D eigenvalue weighted by atomic mass is 10.1. The van der Waals surface area contributed by atoms with E-state index in [9.17, 15) is 9.18 Å². The van der Waals surface area contributed by atoms with Crippen molar-refractivity contribution in [2.45, 2.75) is 0 Å². The van der Waals surface area contributed by atoms with Gasteiger partial charge in [0.25, 0.3) is 0 Å². The first-order valence-corrected chi connectivity index (χ1v) is 4.07. The van der Waals surface area contributed by atoms with E-state index in [-0.39, 0.29) is 5.56 Å². The highest BCUT2D eigenvalue weighted by Gasteiger charge is 2.12. The normalized spacial score (nSPS) is 10.7. The van der Waals surface area contributed by atoms with E-state index in [1.807, 2.05) is 0 Å². The van der Waals surface area contributed by atoms with Gasteiger partial charge in [-0.3, -0.25) is 0 Å². The predicted octanol–water partition coefficient (Wildman–Crippen LogP) is 2.02. The molecule has 0 saturated carbocycles. The van der Waals surface area contributed by atoms with Crippen molar-refractivity contribution in [1.29, 1.82) is 0 Å². The van der Waals surface area contributed by atoms with E-state index in [0.29, 0.717) is 10.9 Å². The van der Waals surface area contributed by atoms with Crippen molar-refractivity contribution >= 4 is 16.9 Å². The molecule has 0 amide bonds. The third-order valence-electron chi connectivity index (χ3n) is 2.16. The second-order valence-corrected chi connectivity index (χ2v) is 3.12. The lowest BCUT2D eigenvalue weighted by Gasteiger charge is -2.01. The molecule has 0 spiro atoms. The zero-order valence-electron chi connectivity index (χ0n) is 7.49. The Morgan fingerprint density at radius 2 is 2.21 bits per heavy atom. The standard InChI is InChI=1S/C10H8FNO2/c1-12-3-2-6-4-7(11)5-8(9(6)12)10(13)14/h2-5H,1H3,(H,13,14). The van der Waals surface area contributed by atoms with Crippen LogP contribution in [0.5, 0.6) is 0 Å². The predicted molar refractivity (Wildman–Crippen MR) is 49.8 cm³/mol. The largest absolute Gasteiger partial charge is 0.478 e. The highest BCUT2D eigenvalue weighted by Crippen LogP contribution is 2.21. The fraction of sp³-hybridized carbons (Fsp3) is 0.100. The van der Waals surface area contributed by atoms with Crippen molar-refractivity contribution in [3.63, 3.8) is 0 Å². The Hall–Kier alpha value is -1.84. The van der Waals surface area contributed by atoms with Gasteiger partial charge in [-0.1, -0.05) is 0 Å². The molecule has 0 aliphatic carbocycles. The van der Waals surface area contributed by atoms with Gasteiger partial charge in [0.05, 0.1) is 11.1 Å². The molecule has 1 aromatic heterocycles. The summed E-state index contributed by atoms with van der Waals surface area (Å²) in [7, 11) is 1.73. The Labute approximate surface area is 79.4 Å². The molecule has 72 valence electrons. The molecular weight excluding hydrogens is 185 g/mol. The van der Waals surface area contributed by atoms with Crippen LogP contribution in [0.2, 0.25) is 0 Å². The van der Waals surface area contributed by atoms with Crippen molar-refractivity contribution in [2.75, 3.05) is 0 Å². The van der Waals surface area contributed by atoms with Gasteiger partial charge in [0.2, 0.25) is 0 Å². The van der Waals surface area contributed by atoms with Crippen LogP contribution in [0.25, 0.3) is 10.9 Å².